The van der Waals surface area contributed by atoms with Crippen molar-refractivity contribution in [3.63, 3.8) is 0 Å². The molecular weight excluding hydrogens is 661 g/mol. The van der Waals surface area contributed by atoms with Crippen molar-refractivity contribution in [2.24, 2.45) is 0 Å². The van der Waals surface area contributed by atoms with Crippen LogP contribution in [-0.4, -0.2) is 14.5 Å². The van der Waals surface area contributed by atoms with E-state index in [1.165, 1.54) is 84.7 Å². The van der Waals surface area contributed by atoms with Crippen molar-refractivity contribution in [2.75, 3.05) is 0 Å². The Morgan fingerprint density at radius 3 is 1.89 bits per heavy atom. The van der Waals surface area contributed by atoms with Crippen molar-refractivity contribution in [2.45, 2.75) is 5.41 Å². The molecule has 1 spiro atoms. The molecule has 11 rings (SSSR count). The van der Waals surface area contributed by atoms with Crippen LogP contribution >= 0.6 is 0 Å². The molecule has 0 bridgehead atoms. The number of aromatic nitrogens is 3. The van der Waals surface area contributed by atoms with Gasteiger partial charge in [0.1, 0.15) is 0 Å². The summed E-state index contributed by atoms with van der Waals surface area (Å²) < 4.78 is 5.22. The van der Waals surface area contributed by atoms with E-state index in [0.29, 0.717) is 0 Å². The molecule has 0 atom stereocenters. The predicted octanol–water partition coefficient (Wildman–Crippen LogP) is 6.03. The Morgan fingerprint density at radius 1 is 0.511 bits per heavy atom. The van der Waals surface area contributed by atoms with Crippen LogP contribution in [-0.2, 0) is 5.41 Å². The van der Waals surface area contributed by atoms with Gasteiger partial charge >= 0.3 is 271 Å². The third kappa shape index (κ3) is 2.92. The van der Waals surface area contributed by atoms with Gasteiger partial charge in [-0.1, -0.05) is 0 Å². The number of benzene rings is 6. The summed E-state index contributed by atoms with van der Waals surface area (Å²) in [5, 5.41) is 2.54. The van der Waals surface area contributed by atoms with Crippen molar-refractivity contribution in [3.05, 3.63) is 169 Å². The van der Waals surface area contributed by atoms with Gasteiger partial charge in [0.15, 0.2) is 0 Å². The van der Waals surface area contributed by atoms with E-state index in [-0.39, 0.29) is 26.6 Å². The quantitative estimate of drug-likeness (QED) is 0.198. The summed E-state index contributed by atoms with van der Waals surface area (Å²) in [4.78, 5) is 9.04. The molecule has 0 saturated carbocycles. The fourth-order valence-corrected chi connectivity index (χ4v) is 11.2. The van der Waals surface area contributed by atoms with E-state index in [0.717, 1.165) is 5.69 Å². The van der Waals surface area contributed by atoms with Gasteiger partial charge in [-0.15, -0.1) is 0 Å². The zero-order chi connectivity index (χ0) is 29.3. The molecule has 8 aromatic rings. The zero-order valence-corrected chi connectivity index (χ0v) is 26.2. The maximum atomic E-state index is 4.70. The van der Waals surface area contributed by atoms with Crippen LogP contribution in [0.3, 0.4) is 0 Å². The van der Waals surface area contributed by atoms with Gasteiger partial charge in [0.05, 0.1) is 0 Å². The van der Waals surface area contributed by atoms with E-state index in [1.807, 2.05) is 6.20 Å². The first kappa shape index (κ1) is 24.3. The molecule has 2 aromatic heterocycles. The number of nitrogens with zero attached hydrogens (tertiary/aromatic N) is 3. The van der Waals surface area contributed by atoms with Crippen molar-refractivity contribution in [3.8, 4) is 39.2 Å². The average molecular weight is 685 g/mol. The number of hydrogen-bond acceptors (Lipinski definition) is 2. The van der Waals surface area contributed by atoms with Gasteiger partial charge in [-0.3, -0.25) is 0 Å². The van der Waals surface area contributed by atoms with Crippen LogP contribution in [0.25, 0.3) is 61.0 Å². The molecule has 4 heteroatoms. The number of para-hydroxylation sites is 1. The molecule has 0 fully saturated rings. The summed E-state index contributed by atoms with van der Waals surface area (Å²) in [6, 6.07) is 48.0. The van der Waals surface area contributed by atoms with E-state index in [2.05, 4.69) is 137 Å². The predicted molar refractivity (Wildman–Crippen MR) is 175 cm³/mol. The molecule has 0 amide bonds. The molecular formula is C41H23IN3-. The molecule has 3 heterocycles. The molecule has 45 heavy (non-hydrogen) atoms. The summed E-state index contributed by atoms with van der Waals surface area (Å²) in [6.07, 6.45) is 3.70. The summed E-state index contributed by atoms with van der Waals surface area (Å²) in [6.45, 7) is 0. The van der Waals surface area contributed by atoms with Gasteiger partial charge in [0.25, 0.3) is 0 Å². The average Bonchev–Trinajstić information content (AvgIpc) is 3.80. The molecule has 2 aliphatic carbocycles. The molecule has 3 aliphatic rings. The summed E-state index contributed by atoms with van der Waals surface area (Å²) in [5.41, 5.74) is 16.5. The van der Waals surface area contributed by atoms with Gasteiger partial charge in [-0.05, 0) is 0 Å². The van der Waals surface area contributed by atoms with E-state index < -0.39 is 0 Å². The summed E-state index contributed by atoms with van der Waals surface area (Å²) in [7, 11) is 0. The Kier molecular flexibility index (Phi) is 4.61. The molecule has 0 N–H and O–H groups in total. The molecule has 0 unspecified atom stereocenters. The van der Waals surface area contributed by atoms with Crippen LogP contribution in [0.4, 0.5) is 0 Å². The van der Waals surface area contributed by atoms with E-state index in [4.69, 9.17) is 4.98 Å². The second-order valence-corrected chi connectivity index (χ2v) is 15.0. The van der Waals surface area contributed by atoms with E-state index in [1.54, 1.807) is 6.33 Å². The summed E-state index contributed by atoms with van der Waals surface area (Å²) in [5.74, 6) is 0. The first-order valence-electron chi connectivity index (χ1n) is 15.3. The number of fused-ring (bicyclic) bond motifs is 16. The van der Waals surface area contributed by atoms with Crippen LogP contribution in [0, 0.1) is 7.14 Å². The molecule has 1 aliphatic heterocycles. The van der Waals surface area contributed by atoms with Crippen LogP contribution in [0.5, 0.6) is 0 Å². The standard InChI is InChI=1S/C41H23IN3/c1-5-13-32-25(9-1)26-10-2-6-14-33(26)41(32)34-15-7-3-11-27(34)28-18-17-24(19-35(28)41)45-38-16-8-4-12-29(38)30-20-31-36(21-39(30)45)42-37-22-43-23-44-40(31)37/h1-23H/q-1. The van der Waals surface area contributed by atoms with Gasteiger partial charge < -0.3 is 0 Å². The first-order chi connectivity index (χ1) is 22.3. The fraction of sp³-hybridized carbons (Fsp3) is 0.0244. The van der Waals surface area contributed by atoms with Crippen molar-refractivity contribution in [1.82, 2.24) is 14.5 Å². The topological polar surface area (TPSA) is 30.7 Å². The number of rotatable bonds is 1. The SMILES string of the molecule is c1ccc2c(c1)-c1ccccc1C21c2ccccc2-c2ccc(-n3c4ccccc4c4cc5c(cc43)[I-]c3cncnc3-5)cc21. The van der Waals surface area contributed by atoms with Gasteiger partial charge in [0, 0.05) is 0 Å². The van der Waals surface area contributed by atoms with Gasteiger partial charge in [-0.25, -0.2) is 0 Å². The van der Waals surface area contributed by atoms with Crippen LogP contribution in [0.15, 0.2) is 140 Å². The molecule has 0 radical (unpaired) electrons. The third-order valence-corrected chi connectivity index (χ3v) is 13.0. The molecule has 3 nitrogen and oxygen atoms in total. The van der Waals surface area contributed by atoms with Gasteiger partial charge in [0.2, 0.25) is 0 Å². The van der Waals surface area contributed by atoms with E-state index in [9.17, 15) is 0 Å². The van der Waals surface area contributed by atoms with Crippen molar-refractivity contribution in [1.29, 1.82) is 0 Å². The Bertz CT molecular complexity index is 2530. The minimum atomic E-state index is -0.360. The monoisotopic (exact) mass is 684 g/mol. The molecule has 210 valence electrons. The second kappa shape index (κ2) is 8.55. The van der Waals surface area contributed by atoms with Crippen molar-refractivity contribution < 1.29 is 21.2 Å². The number of halogens is 1. The van der Waals surface area contributed by atoms with Crippen LogP contribution in [0.2, 0.25) is 0 Å². The van der Waals surface area contributed by atoms with E-state index >= 15 is 0 Å². The maximum absolute atomic E-state index is 4.70. The molecule has 6 aromatic carbocycles. The minimum absolute atomic E-state index is 0.332. The molecule has 0 saturated heterocycles. The first-order valence-corrected chi connectivity index (χ1v) is 17.4. The number of hydrogen-bond donors (Lipinski definition) is 0. The van der Waals surface area contributed by atoms with Crippen LogP contribution in [0.1, 0.15) is 22.3 Å². The van der Waals surface area contributed by atoms with Crippen LogP contribution < -0.4 is 21.2 Å². The zero-order valence-electron chi connectivity index (χ0n) is 24.0. The Hall–Kier alpha value is -5.07. The van der Waals surface area contributed by atoms with Crippen molar-refractivity contribution >= 4 is 21.8 Å². The fourth-order valence-electron chi connectivity index (χ4n) is 8.44. The Morgan fingerprint density at radius 2 is 1.16 bits per heavy atom. The Labute approximate surface area is 270 Å². The summed E-state index contributed by atoms with van der Waals surface area (Å²) >= 11 is -0.332. The second-order valence-electron chi connectivity index (χ2n) is 12.1. The normalized spacial score (nSPS) is 14.5. The Balaban J connectivity index is 1.23. The third-order valence-electron chi connectivity index (χ3n) is 10.1. The van der Waals surface area contributed by atoms with Gasteiger partial charge in [-0.2, -0.15) is 0 Å².